The van der Waals surface area contributed by atoms with Crippen molar-refractivity contribution in [2.24, 2.45) is 17.6 Å². The summed E-state index contributed by atoms with van der Waals surface area (Å²) in [6, 6.07) is 0. The molecule has 2 heteroatoms. The molecule has 1 rings (SSSR count). The maximum absolute atomic E-state index is 6.12. The maximum Gasteiger partial charge on any atom is 0.0331 e. The Labute approximate surface area is 108 Å². The van der Waals surface area contributed by atoms with E-state index in [0.29, 0.717) is 5.54 Å². The van der Waals surface area contributed by atoms with Crippen molar-refractivity contribution in [2.45, 2.75) is 64.8 Å². The van der Waals surface area contributed by atoms with Crippen molar-refractivity contribution in [3.8, 4) is 0 Å². The van der Waals surface area contributed by atoms with Gasteiger partial charge in [-0.1, -0.05) is 46.5 Å². The van der Waals surface area contributed by atoms with E-state index in [1.807, 2.05) is 0 Å². The molecule has 0 aromatic carbocycles. The Morgan fingerprint density at radius 1 is 1.35 bits per heavy atom. The van der Waals surface area contributed by atoms with Crippen LogP contribution in [-0.2, 0) is 0 Å². The molecule has 2 atom stereocenters. The summed E-state index contributed by atoms with van der Waals surface area (Å²) in [5.74, 6) is 1.68. The first-order valence-electron chi connectivity index (χ1n) is 7.49. The zero-order chi connectivity index (χ0) is 12.9. The first-order valence-corrected chi connectivity index (χ1v) is 7.49. The molecule has 0 bridgehead atoms. The van der Waals surface area contributed by atoms with Crippen LogP contribution in [0.15, 0.2) is 0 Å². The molecule has 0 heterocycles. The van der Waals surface area contributed by atoms with Crippen molar-refractivity contribution in [3.63, 3.8) is 0 Å². The summed E-state index contributed by atoms with van der Waals surface area (Å²) in [7, 11) is 2.29. The van der Waals surface area contributed by atoms with Gasteiger partial charge in [0.15, 0.2) is 0 Å². The zero-order valence-corrected chi connectivity index (χ0v) is 12.3. The van der Waals surface area contributed by atoms with Crippen LogP contribution >= 0.6 is 0 Å². The van der Waals surface area contributed by atoms with Crippen molar-refractivity contribution < 1.29 is 0 Å². The lowest BCUT2D eigenvalue weighted by molar-refractivity contribution is 0.0478. The third-order valence-electron chi connectivity index (χ3n) is 4.94. The van der Waals surface area contributed by atoms with E-state index < -0.39 is 0 Å². The average Bonchev–Trinajstić information content (AvgIpc) is 2.35. The Balaban J connectivity index is 2.64. The lowest BCUT2D eigenvalue weighted by Gasteiger charge is -2.47. The molecule has 0 aromatic rings. The first kappa shape index (κ1) is 15.0. The Bertz CT molecular complexity index is 213. The SMILES string of the molecule is CCC(CC)CN(C)C1(CN)CCCC(C)C1. The Kier molecular flexibility index (Phi) is 5.94. The van der Waals surface area contributed by atoms with Crippen LogP contribution in [-0.4, -0.2) is 30.6 Å². The molecule has 2 unspecified atom stereocenters. The Morgan fingerprint density at radius 3 is 2.47 bits per heavy atom. The molecule has 1 aliphatic rings. The molecule has 2 N–H and O–H groups in total. The highest BCUT2D eigenvalue weighted by molar-refractivity contribution is 4.95. The molecule has 17 heavy (non-hydrogen) atoms. The van der Waals surface area contributed by atoms with E-state index in [1.54, 1.807) is 0 Å². The quantitative estimate of drug-likeness (QED) is 0.772. The molecule has 0 aromatic heterocycles. The fourth-order valence-corrected chi connectivity index (χ4v) is 3.45. The highest BCUT2D eigenvalue weighted by Gasteiger charge is 2.37. The first-order chi connectivity index (χ1) is 8.07. The molecule has 1 aliphatic carbocycles. The van der Waals surface area contributed by atoms with Gasteiger partial charge in [0.05, 0.1) is 0 Å². The number of likely N-dealkylation sites (N-methyl/N-ethyl adjacent to an activating group) is 1. The Morgan fingerprint density at radius 2 is 2.00 bits per heavy atom. The van der Waals surface area contributed by atoms with E-state index >= 15 is 0 Å². The number of hydrogen-bond acceptors (Lipinski definition) is 2. The average molecular weight is 240 g/mol. The van der Waals surface area contributed by atoms with Gasteiger partial charge in [-0.25, -0.2) is 0 Å². The van der Waals surface area contributed by atoms with E-state index in [-0.39, 0.29) is 0 Å². The van der Waals surface area contributed by atoms with Gasteiger partial charge in [-0.2, -0.15) is 0 Å². The standard InChI is InChI=1S/C15H32N2/c1-5-14(6-2)11-17(4)15(12-16)9-7-8-13(3)10-15/h13-14H,5-12,16H2,1-4H3. The second-order valence-electron chi connectivity index (χ2n) is 6.19. The molecule has 0 spiro atoms. The fourth-order valence-electron chi connectivity index (χ4n) is 3.45. The second kappa shape index (κ2) is 6.75. The minimum absolute atomic E-state index is 0.292. The van der Waals surface area contributed by atoms with Gasteiger partial charge in [-0.15, -0.1) is 0 Å². The summed E-state index contributed by atoms with van der Waals surface area (Å²) >= 11 is 0. The van der Waals surface area contributed by atoms with Crippen molar-refractivity contribution >= 4 is 0 Å². The van der Waals surface area contributed by atoms with E-state index in [1.165, 1.54) is 45.1 Å². The topological polar surface area (TPSA) is 29.3 Å². The molecule has 1 fully saturated rings. The van der Waals surface area contributed by atoms with Crippen LogP contribution in [0.4, 0.5) is 0 Å². The van der Waals surface area contributed by atoms with Gasteiger partial charge < -0.3 is 5.73 Å². The summed E-state index contributed by atoms with van der Waals surface area (Å²) < 4.78 is 0. The van der Waals surface area contributed by atoms with Gasteiger partial charge >= 0.3 is 0 Å². The van der Waals surface area contributed by atoms with Gasteiger partial charge in [0.1, 0.15) is 0 Å². The smallest absolute Gasteiger partial charge is 0.0331 e. The normalized spacial score (nSPS) is 30.2. The summed E-state index contributed by atoms with van der Waals surface area (Å²) in [6.07, 6.45) is 7.91. The van der Waals surface area contributed by atoms with Crippen LogP contribution < -0.4 is 5.73 Å². The monoisotopic (exact) mass is 240 g/mol. The van der Waals surface area contributed by atoms with Crippen LogP contribution in [0.2, 0.25) is 0 Å². The van der Waals surface area contributed by atoms with Crippen LogP contribution in [0.5, 0.6) is 0 Å². The van der Waals surface area contributed by atoms with Crippen molar-refractivity contribution in [3.05, 3.63) is 0 Å². The third kappa shape index (κ3) is 3.69. The van der Waals surface area contributed by atoms with Gasteiger partial charge in [-0.05, 0) is 31.7 Å². The van der Waals surface area contributed by atoms with E-state index in [2.05, 4.69) is 32.7 Å². The highest BCUT2D eigenvalue weighted by Crippen LogP contribution is 2.36. The number of rotatable bonds is 6. The van der Waals surface area contributed by atoms with Gasteiger partial charge in [0, 0.05) is 18.6 Å². The molecule has 0 aliphatic heterocycles. The van der Waals surface area contributed by atoms with Gasteiger partial charge in [0.25, 0.3) is 0 Å². The molecule has 2 nitrogen and oxygen atoms in total. The Hall–Kier alpha value is -0.0800. The van der Waals surface area contributed by atoms with Gasteiger partial charge in [0.2, 0.25) is 0 Å². The number of hydrogen-bond donors (Lipinski definition) is 1. The highest BCUT2D eigenvalue weighted by atomic mass is 15.2. The van der Waals surface area contributed by atoms with E-state index in [4.69, 9.17) is 5.73 Å². The van der Waals surface area contributed by atoms with E-state index in [9.17, 15) is 0 Å². The van der Waals surface area contributed by atoms with Gasteiger partial charge in [-0.3, -0.25) is 4.90 Å². The summed E-state index contributed by atoms with van der Waals surface area (Å²) in [5.41, 5.74) is 6.41. The van der Waals surface area contributed by atoms with Crippen LogP contribution in [0.25, 0.3) is 0 Å². The van der Waals surface area contributed by atoms with Crippen LogP contribution in [0.3, 0.4) is 0 Å². The molecule has 1 saturated carbocycles. The fraction of sp³-hybridized carbons (Fsp3) is 1.00. The van der Waals surface area contributed by atoms with Crippen LogP contribution in [0.1, 0.15) is 59.3 Å². The molecule has 102 valence electrons. The van der Waals surface area contributed by atoms with Crippen molar-refractivity contribution in [1.82, 2.24) is 4.90 Å². The summed E-state index contributed by atoms with van der Waals surface area (Å²) in [5, 5.41) is 0. The molecular formula is C15H32N2. The van der Waals surface area contributed by atoms with E-state index in [0.717, 1.165) is 18.4 Å². The predicted octanol–water partition coefficient (Wildman–Crippen LogP) is 3.26. The molecule has 0 radical (unpaired) electrons. The number of nitrogens with zero attached hydrogens (tertiary/aromatic N) is 1. The lowest BCUT2D eigenvalue weighted by atomic mass is 9.75. The predicted molar refractivity (Wildman–Crippen MR) is 76.1 cm³/mol. The summed E-state index contributed by atoms with van der Waals surface area (Å²) in [6.45, 7) is 9.04. The third-order valence-corrected chi connectivity index (χ3v) is 4.94. The minimum Gasteiger partial charge on any atom is -0.329 e. The maximum atomic E-state index is 6.12. The van der Waals surface area contributed by atoms with Crippen LogP contribution in [0, 0.1) is 11.8 Å². The molecular weight excluding hydrogens is 208 g/mol. The van der Waals surface area contributed by atoms with Crippen molar-refractivity contribution in [2.75, 3.05) is 20.1 Å². The number of nitrogens with two attached hydrogens (primary N) is 1. The second-order valence-corrected chi connectivity index (χ2v) is 6.19. The lowest BCUT2D eigenvalue weighted by Crippen LogP contribution is -2.55. The molecule has 0 amide bonds. The van der Waals surface area contributed by atoms with Crippen molar-refractivity contribution in [1.29, 1.82) is 0 Å². The summed E-state index contributed by atoms with van der Waals surface area (Å²) in [4.78, 5) is 2.58. The molecule has 0 saturated heterocycles. The zero-order valence-electron chi connectivity index (χ0n) is 12.3. The largest absolute Gasteiger partial charge is 0.329 e. The minimum atomic E-state index is 0.292.